The summed E-state index contributed by atoms with van der Waals surface area (Å²) in [6, 6.07) is 6.64. The molecule has 84 valence electrons. The van der Waals surface area contributed by atoms with Crippen LogP contribution in [0.3, 0.4) is 0 Å². The highest BCUT2D eigenvalue weighted by atomic mass is 14.7. The van der Waals surface area contributed by atoms with Crippen molar-refractivity contribution in [1.29, 1.82) is 0 Å². The Labute approximate surface area is 97.2 Å². The maximum Gasteiger partial charge on any atom is 0.0459 e. The van der Waals surface area contributed by atoms with Crippen molar-refractivity contribution < 1.29 is 0 Å². The van der Waals surface area contributed by atoms with Crippen molar-refractivity contribution in [2.24, 2.45) is 0 Å². The van der Waals surface area contributed by atoms with E-state index < -0.39 is 0 Å². The van der Waals surface area contributed by atoms with E-state index in [1.165, 1.54) is 33.3 Å². The molecular weight excluding hydrogens is 194 g/mol. The Kier molecular flexibility index (Phi) is 2.86. The number of benzene rings is 1. The number of H-pyrrole nitrogens is 1. The summed E-state index contributed by atoms with van der Waals surface area (Å²) in [6.07, 6.45) is 3.31. The topological polar surface area (TPSA) is 15.8 Å². The van der Waals surface area contributed by atoms with E-state index in [0.717, 1.165) is 6.42 Å². The quantitative estimate of drug-likeness (QED) is 0.758. The smallest absolute Gasteiger partial charge is 0.0459 e. The third kappa shape index (κ3) is 1.90. The van der Waals surface area contributed by atoms with Crippen LogP contribution in [0.4, 0.5) is 0 Å². The van der Waals surface area contributed by atoms with E-state index in [4.69, 9.17) is 0 Å². The average Bonchev–Trinajstić information content (AvgIpc) is 2.65. The molecule has 0 saturated carbocycles. The minimum Gasteiger partial charge on any atom is -0.358 e. The van der Waals surface area contributed by atoms with Crippen LogP contribution in [0.15, 0.2) is 23.8 Å². The monoisotopic (exact) mass is 213 g/mol. The van der Waals surface area contributed by atoms with Crippen LogP contribution in [0.2, 0.25) is 0 Å². The summed E-state index contributed by atoms with van der Waals surface area (Å²) in [6.45, 7) is 8.65. The fourth-order valence-corrected chi connectivity index (χ4v) is 2.08. The van der Waals surface area contributed by atoms with Gasteiger partial charge in [-0.15, -0.1) is 0 Å². The van der Waals surface area contributed by atoms with Gasteiger partial charge in [0, 0.05) is 16.6 Å². The second kappa shape index (κ2) is 4.17. The Balaban J connectivity index is 2.64. The van der Waals surface area contributed by atoms with Crippen LogP contribution < -0.4 is 0 Å². The van der Waals surface area contributed by atoms with Crippen LogP contribution in [-0.4, -0.2) is 4.98 Å². The molecule has 0 bridgehead atoms. The Morgan fingerprint density at radius 3 is 2.69 bits per heavy atom. The molecule has 0 fully saturated rings. The molecule has 1 heterocycles. The molecule has 16 heavy (non-hydrogen) atoms. The fraction of sp³-hybridized carbons (Fsp3) is 0.333. The molecule has 0 radical (unpaired) electrons. The summed E-state index contributed by atoms with van der Waals surface area (Å²) in [7, 11) is 0. The van der Waals surface area contributed by atoms with Gasteiger partial charge in [-0.25, -0.2) is 0 Å². The predicted octanol–water partition coefficient (Wildman–Crippen LogP) is 4.46. The maximum atomic E-state index is 3.45. The molecule has 1 heteroatoms. The van der Waals surface area contributed by atoms with Crippen molar-refractivity contribution in [3.63, 3.8) is 0 Å². The van der Waals surface area contributed by atoms with E-state index in [1.54, 1.807) is 0 Å². The second-order valence-electron chi connectivity index (χ2n) is 4.61. The summed E-state index contributed by atoms with van der Waals surface area (Å²) in [5.41, 5.74) is 6.60. The lowest BCUT2D eigenvalue weighted by Crippen LogP contribution is -1.82. The fourth-order valence-electron chi connectivity index (χ4n) is 2.08. The van der Waals surface area contributed by atoms with Crippen molar-refractivity contribution in [2.45, 2.75) is 34.1 Å². The third-order valence-corrected chi connectivity index (χ3v) is 3.00. The van der Waals surface area contributed by atoms with Crippen LogP contribution in [0, 0.1) is 6.92 Å². The van der Waals surface area contributed by atoms with Crippen LogP contribution >= 0.6 is 0 Å². The molecule has 0 amide bonds. The van der Waals surface area contributed by atoms with Gasteiger partial charge in [0.2, 0.25) is 0 Å². The first kappa shape index (κ1) is 11.0. The number of aryl methyl sites for hydroxylation is 2. The van der Waals surface area contributed by atoms with Crippen LogP contribution in [0.5, 0.6) is 0 Å². The first-order valence-corrected chi connectivity index (χ1v) is 5.88. The summed E-state index contributed by atoms with van der Waals surface area (Å²) >= 11 is 0. The zero-order valence-corrected chi connectivity index (χ0v) is 10.5. The zero-order chi connectivity index (χ0) is 11.7. The van der Waals surface area contributed by atoms with Crippen LogP contribution in [0.25, 0.3) is 17.0 Å². The summed E-state index contributed by atoms with van der Waals surface area (Å²) in [5, 5.41) is 1.35. The summed E-state index contributed by atoms with van der Waals surface area (Å²) < 4.78 is 0. The number of aromatic nitrogens is 1. The van der Waals surface area contributed by atoms with Crippen LogP contribution in [-0.2, 0) is 6.42 Å². The summed E-state index contributed by atoms with van der Waals surface area (Å²) in [5.74, 6) is 0. The van der Waals surface area contributed by atoms with Gasteiger partial charge in [0.15, 0.2) is 0 Å². The SMILES string of the molecule is CCc1cc2c(C)c(C=C(C)C)ccc2[nH]1. The van der Waals surface area contributed by atoms with Gasteiger partial charge in [0.05, 0.1) is 0 Å². The Hall–Kier alpha value is -1.50. The molecule has 0 aliphatic carbocycles. The van der Waals surface area contributed by atoms with E-state index in [9.17, 15) is 0 Å². The molecule has 0 atom stereocenters. The number of hydrogen-bond donors (Lipinski definition) is 1. The second-order valence-corrected chi connectivity index (χ2v) is 4.61. The number of fused-ring (bicyclic) bond motifs is 1. The van der Waals surface area contributed by atoms with E-state index in [-0.39, 0.29) is 0 Å². The lowest BCUT2D eigenvalue weighted by Gasteiger charge is -2.02. The van der Waals surface area contributed by atoms with Crippen molar-refractivity contribution in [3.05, 3.63) is 40.6 Å². The largest absolute Gasteiger partial charge is 0.358 e. The molecule has 1 aromatic carbocycles. The normalized spacial score (nSPS) is 10.8. The van der Waals surface area contributed by atoms with Gasteiger partial charge in [0.1, 0.15) is 0 Å². The Morgan fingerprint density at radius 1 is 1.31 bits per heavy atom. The minimum absolute atomic E-state index is 1.06. The Morgan fingerprint density at radius 2 is 2.06 bits per heavy atom. The number of allylic oxidation sites excluding steroid dienone is 1. The molecule has 1 N–H and O–H groups in total. The molecule has 0 aliphatic heterocycles. The van der Waals surface area contributed by atoms with Gasteiger partial charge in [-0.2, -0.15) is 0 Å². The van der Waals surface area contributed by atoms with Gasteiger partial charge in [0.25, 0.3) is 0 Å². The lowest BCUT2D eigenvalue weighted by molar-refractivity contribution is 1.07. The van der Waals surface area contributed by atoms with Gasteiger partial charge in [-0.3, -0.25) is 0 Å². The number of rotatable bonds is 2. The first-order chi connectivity index (χ1) is 7.61. The van der Waals surface area contributed by atoms with Crippen molar-refractivity contribution in [2.75, 3.05) is 0 Å². The predicted molar refractivity (Wildman–Crippen MR) is 71.7 cm³/mol. The third-order valence-electron chi connectivity index (χ3n) is 3.00. The highest BCUT2D eigenvalue weighted by Crippen LogP contribution is 2.24. The van der Waals surface area contributed by atoms with E-state index in [0.29, 0.717) is 0 Å². The lowest BCUT2D eigenvalue weighted by atomic mass is 10.0. The van der Waals surface area contributed by atoms with E-state index in [2.05, 4.69) is 57.0 Å². The highest BCUT2D eigenvalue weighted by molar-refractivity contribution is 5.87. The van der Waals surface area contributed by atoms with Crippen molar-refractivity contribution in [3.8, 4) is 0 Å². The molecule has 0 unspecified atom stereocenters. The Bertz CT molecular complexity index is 540. The molecule has 1 aromatic heterocycles. The number of aromatic amines is 1. The minimum atomic E-state index is 1.06. The van der Waals surface area contributed by atoms with Crippen LogP contribution in [0.1, 0.15) is 37.6 Å². The molecule has 2 aromatic rings. The van der Waals surface area contributed by atoms with Gasteiger partial charge < -0.3 is 4.98 Å². The highest BCUT2D eigenvalue weighted by Gasteiger charge is 2.04. The van der Waals surface area contributed by atoms with Gasteiger partial charge >= 0.3 is 0 Å². The van der Waals surface area contributed by atoms with Crippen molar-refractivity contribution >= 4 is 17.0 Å². The van der Waals surface area contributed by atoms with Gasteiger partial charge in [-0.05, 0) is 50.5 Å². The van der Waals surface area contributed by atoms with E-state index >= 15 is 0 Å². The molecule has 1 nitrogen and oxygen atoms in total. The molecule has 2 rings (SSSR count). The van der Waals surface area contributed by atoms with Crippen molar-refractivity contribution in [1.82, 2.24) is 4.98 Å². The summed E-state index contributed by atoms with van der Waals surface area (Å²) in [4.78, 5) is 3.45. The average molecular weight is 213 g/mol. The zero-order valence-electron chi connectivity index (χ0n) is 10.5. The number of nitrogens with one attached hydrogen (secondary N) is 1. The first-order valence-electron chi connectivity index (χ1n) is 5.88. The maximum absolute atomic E-state index is 3.45. The van der Waals surface area contributed by atoms with Gasteiger partial charge in [-0.1, -0.05) is 24.6 Å². The molecule has 0 saturated heterocycles. The molecular formula is C15H19N. The number of hydrogen-bond acceptors (Lipinski definition) is 0. The van der Waals surface area contributed by atoms with E-state index in [1.807, 2.05) is 0 Å². The molecule has 0 spiro atoms. The standard InChI is InChI=1S/C15H19N/c1-5-13-9-14-11(4)12(8-10(2)3)6-7-15(14)16-13/h6-9,16H,5H2,1-4H3. The molecule has 0 aliphatic rings.